The summed E-state index contributed by atoms with van der Waals surface area (Å²) in [5.74, 6) is 0.0752. The van der Waals surface area contributed by atoms with Gasteiger partial charge in [-0.2, -0.15) is 0 Å². The van der Waals surface area contributed by atoms with Gasteiger partial charge in [-0.1, -0.05) is 29.3 Å². The maximum Gasteiger partial charge on any atom is 0.350 e. The Morgan fingerprint density at radius 2 is 2.07 bits per heavy atom. The highest BCUT2D eigenvalue weighted by Crippen LogP contribution is 2.42. The molecule has 3 aromatic rings. The van der Waals surface area contributed by atoms with E-state index in [1.165, 1.54) is 17.7 Å². The number of fused-ring (bicyclic) bond motifs is 1. The smallest absolute Gasteiger partial charge is 0.350 e. The lowest BCUT2D eigenvalue weighted by atomic mass is 10.2. The van der Waals surface area contributed by atoms with Crippen LogP contribution < -0.4 is 10.2 Å². The minimum atomic E-state index is -0.478. The van der Waals surface area contributed by atoms with Crippen LogP contribution in [-0.4, -0.2) is 31.0 Å². The number of benzene rings is 1. The number of hydrogen-bond acceptors (Lipinski definition) is 7. The van der Waals surface area contributed by atoms with Gasteiger partial charge >= 0.3 is 5.97 Å². The standard InChI is InChI=1S/C19H17Cl2N3O4S/c1-3-27-19(25)17-16(15-14(26-2)7-8-22-18(15)29-17)23-10-24-28-9-11-12(20)5-4-6-13(11)21/h4-8,10H,3,9H2,1-2H3,(H,23,24). The lowest BCUT2D eigenvalue weighted by Crippen LogP contribution is -2.12. The van der Waals surface area contributed by atoms with Gasteiger partial charge in [0.2, 0.25) is 0 Å². The molecule has 0 atom stereocenters. The first-order valence-corrected chi connectivity index (χ1v) is 10.1. The van der Waals surface area contributed by atoms with Crippen LogP contribution in [0.2, 0.25) is 10.0 Å². The number of carbonyl (C=O) groups excluding carboxylic acids is 1. The number of pyridine rings is 1. The van der Waals surface area contributed by atoms with Gasteiger partial charge in [-0.25, -0.2) is 14.8 Å². The molecular formula is C19H17Cl2N3O4S. The van der Waals surface area contributed by atoms with Crippen LogP contribution in [0.15, 0.2) is 35.5 Å². The average molecular weight is 454 g/mol. The summed E-state index contributed by atoms with van der Waals surface area (Å²) in [5, 5.41) is 1.62. The molecule has 0 aliphatic heterocycles. The zero-order chi connectivity index (χ0) is 20.8. The highest BCUT2D eigenvalue weighted by molar-refractivity contribution is 7.21. The summed E-state index contributed by atoms with van der Waals surface area (Å²) in [4.78, 5) is 27.3. The van der Waals surface area contributed by atoms with Crippen molar-refractivity contribution in [3.05, 3.63) is 50.9 Å². The van der Waals surface area contributed by atoms with Crippen molar-refractivity contribution in [1.29, 1.82) is 0 Å². The zero-order valence-electron chi connectivity index (χ0n) is 15.6. The SMILES string of the molecule is CCOC(=O)c1sc2nccc(OC)c2c1N=CNOCc1c(Cl)cccc1Cl. The van der Waals surface area contributed by atoms with E-state index >= 15 is 0 Å². The molecule has 2 aromatic heterocycles. The second-order valence-corrected chi connectivity index (χ2v) is 7.37. The van der Waals surface area contributed by atoms with Crippen molar-refractivity contribution in [2.24, 2.45) is 4.99 Å². The van der Waals surface area contributed by atoms with Crippen LogP contribution in [0, 0.1) is 0 Å². The van der Waals surface area contributed by atoms with E-state index in [-0.39, 0.29) is 13.2 Å². The Kier molecular flexibility index (Phi) is 7.27. The highest BCUT2D eigenvalue weighted by Gasteiger charge is 2.22. The molecule has 152 valence electrons. The number of rotatable bonds is 8. The van der Waals surface area contributed by atoms with Crippen LogP contribution in [0.25, 0.3) is 10.2 Å². The number of methoxy groups -OCH3 is 1. The number of nitrogens with one attached hydrogen (secondary N) is 1. The molecule has 0 saturated heterocycles. The first-order valence-electron chi connectivity index (χ1n) is 8.52. The van der Waals surface area contributed by atoms with E-state index in [2.05, 4.69) is 15.5 Å². The van der Waals surface area contributed by atoms with Crippen molar-refractivity contribution < 1.29 is 19.1 Å². The topological polar surface area (TPSA) is 82.0 Å². The van der Waals surface area contributed by atoms with E-state index in [1.54, 1.807) is 44.5 Å². The molecular weight excluding hydrogens is 437 g/mol. The minimum absolute atomic E-state index is 0.129. The Morgan fingerprint density at radius 3 is 2.76 bits per heavy atom. The zero-order valence-corrected chi connectivity index (χ0v) is 17.9. The molecule has 2 heterocycles. The van der Waals surface area contributed by atoms with Crippen molar-refractivity contribution in [3.8, 4) is 5.75 Å². The fourth-order valence-corrected chi connectivity index (χ4v) is 4.03. The van der Waals surface area contributed by atoms with Gasteiger partial charge in [0, 0.05) is 21.8 Å². The lowest BCUT2D eigenvalue weighted by Gasteiger charge is -2.07. The number of aliphatic imine (C=N–C) groups is 1. The Labute approximate surface area is 181 Å². The molecule has 10 heteroatoms. The van der Waals surface area contributed by atoms with Gasteiger partial charge in [-0.15, -0.1) is 11.3 Å². The van der Waals surface area contributed by atoms with E-state index in [1.807, 2.05) is 0 Å². The number of aromatic nitrogens is 1. The lowest BCUT2D eigenvalue weighted by molar-refractivity contribution is 0.0533. The molecule has 0 radical (unpaired) electrons. The average Bonchev–Trinajstić information content (AvgIpc) is 3.09. The highest BCUT2D eigenvalue weighted by atomic mass is 35.5. The summed E-state index contributed by atoms with van der Waals surface area (Å²) in [6.07, 6.45) is 2.93. The first kappa shape index (κ1) is 21.3. The third kappa shape index (κ3) is 4.79. The van der Waals surface area contributed by atoms with E-state index in [4.69, 9.17) is 37.5 Å². The Bertz CT molecular complexity index is 1040. The van der Waals surface area contributed by atoms with Crippen LogP contribution in [0.5, 0.6) is 5.75 Å². The van der Waals surface area contributed by atoms with Crippen LogP contribution in [0.4, 0.5) is 5.69 Å². The van der Waals surface area contributed by atoms with Gasteiger partial charge in [0.1, 0.15) is 34.1 Å². The summed E-state index contributed by atoms with van der Waals surface area (Å²) in [6.45, 7) is 2.12. The molecule has 7 nitrogen and oxygen atoms in total. The van der Waals surface area contributed by atoms with Crippen LogP contribution in [0.3, 0.4) is 0 Å². The molecule has 0 unspecified atom stereocenters. The van der Waals surface area contributed by atoms with Crippen molar-refractivity contribution in [3.63, 3.8) is 0 Å². The molecule has 0 fully saturated rings. The molecule has 0 bridgehead atoms. The number of hydroxylamine groups is 1. The molecule has 3 rings (SSSR count). The minimum Gasteiger partial charge on any atom is -0.496 e. The van der Waals surface area contributed by atoms with Gasteiger partial charge in [0.25, 0.3) is 0 Å². The van der Waals surface area contributed by atoms with Crippen molar-refractivity contribution in [1.82, 2.24) is 10.5 Å². The maximum absolute atomic E-state index is 12.3. The number of thiophene rings is 1. The Balaban J connectivity index is 1.82. The van der Waals surface area contributed by atoms with Gasteiger partial charge < -0.3 is 9.47 Å². The van der Waals surface area contributed by atoms with Crippen LogP contribution >= 0.6 is 34.5 Å². The number of ether oxygens (including phenoxy) is 2. The van der Waals surface area contributed by atoms with Crippen molar-refractivity contribution in [2.45, 2.75) is 13.5 Å². The first-order chi connectivity index (χ1) is 14.1. The fraction of sp³-hybridized carbons (Fsp3) is 0.211. The summed E-state index contributed by atoms with van der Waals surface area (Å²) in [6, 6.07) is 6.90. The summed E-state index contributed by atoms with van der Waals surface area (Å²) in [7, 11) is 1.54. The largest absolute Gasteiger partial charge is 0.496 e. The van der Waals surface area contributed by atoms with Gasteiger partial charge in [0.05, 0.1) is 19.1 Å². The van der Waals surface area contributed by atoms with E-state index in [0.29, 0.717) is 42.1 Å². The predicted molar refractivity (Wildman–Crippen MR) is 115 cm³/mol. The van der Waals surface area contributed by atoms with Crippen molar-refractivity contribution >= 4 is 62.8 Å². The Morgan fingerprint density at radius 1 is 1.31 bits per heavy atom. The number of nitrogens with zero attached hydrogens (tertiary/aromatic N) is 2. The van der Waals surface area contributed by atoms with Crippen molar-refractivity contribution in [2.75, 3.05) is 13.7 Å². The normalized spacial score (nSPS) is 11.2. The summed E-state index contributed by atoms with van der Waals surface area (Å²) >= 11 is 13.4. The van der Waals surface area contributed by atoms with Crippen LogP contribution in [0.1, 0.15) is 22.2 Å². The van der Waals surface area contributed by atoms with Gasteiger partial charge in [0.15, 0.2) is 0 Å². The molecule has 0 aliphatic carbocycles. The molecule has 0 amide bonds. The molecule has 0 spiro atoms. The van der Waals surface area contributed by atoms with E-state index in [9.17, 15) is 4.79 Å². The van der Waals surface area contributed by atoms with Gasteiger partial charge in [-0.05, 0) is 25.1 Å². The molecule has 1 aromatic carbocycles. The molecule has 0 aliphatic rings. The van der Waals surface area contributed by atoms with Gasteiger partial charge in [-0.3, -0.25) is 10.3 Å². The fourth-order valence-electron chi connectivity index (χ4n) is 2.52. The predicted octanol–water partition coefficient (Wildman–Crippen LogP) is 5.17. The number of carbonyl (C=O) groups is 1. The number of esters is 1. The Hall–Kier alpha value is -2.39. The van der Waals surface area contributed by atoms with E-state index < -0.39 is 5.97 Å². The summed E-state index contributed by atoms with van der Waals surface area (Å²) < 4.78 is 10.5. The van der Waals surface area contributed by atoms with Crippen LogP contribution in [-0.2, 0) is 16.2 Å². The third-order valence-electron chi connectivity index (χ3n) is 3.82. The maximum atomic E-state index is 12.3. The second-order valence-electron chi connectivity index (χ2n) is 5.56. The molecule has 0 saturated carbocycles. The molecule has 29 heavy (non-hydrogen) atoms. The molecule has 1 N–H and O–H groups in total. The second kappa shape index (κ2) is 9.89. The third-order valence-corrected chi connectivity index (χ3v) is 5.59. The summed E-state index contributed by atoms with van der Waals surface area (Å²) in [5.41, 5.74) is 3.65. The monoisotopic (exact) mass is 453 g/mol. The quantitative estimate of drug-likeness (QED) is 0.166. The van der Waals surface area contributed by atoms with E-state index in [0.717, 1.165) is 0 Å². The number of halogens is 2. The number of hydrogen-bond donors (Lipinski definition) is 1.